The molecule has 1 fully saturated rings. The summed E-state index contributed by atoms with van der Waals surface area (Å²) in [4.78, 5) is 9.82. The zero-order valence-electron chi connectivity index (χ0n) is 7.80. The topological polar surface area (TPSA) is 52.3 Å². The van der Waals surface area contributed by atoms with Crippen molar-refractivity contribution in [2.24, 2.45) is 5.73 Å². The summed E-state index contributed by atoms with van der Waals surface area (Å²) in [5.74, 6) is -0.435. The maximum atomic E-state index is 9.82. The fourth-order valence-electron chi connectivity index (χ4n) is 0.739. The summed E-state index contributed by atoms with van der Waals surface area (Å²) in [6.07, 6.45) is 3.08. The van der Waals surface area contributed by atoms with Crippen LogP contribution in [-0.4, -0.2) is 18.6 Å². The monoisotopic (exact) mass is 171 g/mol. The molecule has 0 saturated carbocycles. The van der Waals surface area contributed by atoms with Gasteiger partial charge in [0.2, 0.25) is 5.91 Å². The minimum absolute atomic E-state index is 0.398. The summed E-state index contributed by atoms with van der Waals surface area (Å²) in [5, 5.41) is 0. The van der Waals surface area contributed by atoms with E-state index in [4.69, 9.17) is 10.5 Å². The Bertz CT molecular complexity index is 148. The average Bonchev–Trinajstić information content (AvgIpc) is 2.40. The molecule has 0 bridgehead atoms. The number of nitrogens with two attached hydrogens (primary N) is 1. The molecular formula is C9H17NO2. The highest BCUT2D eigenvalue weighted by Gasteiger charge is 2.07. The molecule has 1 aliphatic rings. The van der Waals surface area contributed by atoms with Crippen molar-refractivity contribution in [1.82, 2.24) is 0 Å². The first-order valence-corrected chi connectivity index (χ1v) is 4.11. The van der Waals surface area contributed by atoms with E-state index in [1.165, 1.54) is 12.8 Å². The van der Waals surface area contributed by atoms with E-state index in [9.17, 15) is 4.79 Å². The van der Waals surface area contributed by atoms with Gasteiger partial charge in [-0.25, -0.2) is 0 Å². The highest BCUT2D eigenvalue weighted by molar-refractivity contribution is 5.90. The molecule has 0 aromatic rings. The van der Waals surface area contributed by atoms with Crippen molar-refractivity contribution in [3.05, 3.63) is 12.2 Å². The minimum Gasteiger partial charge on any atom is -0.379 e. The van der Waals surface area contributed by atoms with Crippen LogP contribution >= 0.6 is 0 Å². The number of carbonyl (C=O) groups excluding carboxylic acids is 1. The summed E-state index contributed by atoms with van der Waals surface area (Å²) < 4.78 is 5.15. The van der Waals surface area contributed by atoms with Crippen LogP contribution < -0.4 is 5.73 Å². The molecule has 70 valence electrons. The quantitative estimate of drug-likeness (QED) is 0.603. The molecule has 1 atom stereocenters. The van der Waals surface area contributed by atoms with Gasteiger partial charge in [-0.3, -0.25) is 4.79 Å². The van der Waals surface area contributed by atoms with Gasteiger partial charge < -0.3 is 10.5 Å². The molecular weight excluding hydrogens is 154 g/mol. The molecule has 1 amide bonds. The number of primary amides is 1. The van der Waals surface area contributed by atoms with Crippen LogP contribution in [-0.2, 0) is 9.53 Å². The molecule has 3 heteroatoms. The third-order valence-corrected chi connectivity index (χ3v) is 1.58. The maximum absolute atomic E-state index is 9.82. The molecule has 0 spiro atoms. The lowest BCUT2D eigenvalue weighted by atomic mass is 10.3. The van der Waals surface area contributed by atoms with Crippen molar-refractivity contribution in [3.8, 4) is 0 Å². The molecule has 1 aliphatic heterocycles. The summed E-state index contributed by atoms with van der Waals surface area (Å²) in [6, 6.07) is 0. The molecule has 1 saturated heterocycles. The summed E-state index contributed by atoms with van der Waals surface area (Å²) in [5.41, 5.74) is 5.09. The van der Waals surface area contributed by atoms with Crippen molar-refractivity contribution in [2.45, 2.75) is 32.8 Å². The largest absolute Gasteiger partial charge is 0.379 e. The Morgan fingerprint density at radius 2 is 2.17 bits per heavy atom. The lowest BCUT2D eigenvalue weighted by Crippen LogP contribution is -2.10. The third-order valence-electron chi connectivity index (χ3n) is 1.58. The van der Waals surface area contributed by atoms with Crippen LogP contribution in [0.3, 0.4) is 0 Å². The van der Waals surface area contributed by atoms with Crippen LogP contribution in [0.25, 0.3) is 0 Å². The van der Waals surface area contributed by atoms with Crippen LogP contribution in [0, 0.1) is 0 Å². The SMILES string of the molecule is C=C(C)C(N)=O.CC1CCCO1. The van der Waals surface area contributed by atoms with E-state index < -0.39 is 5.91 Å². The molecule has 0 aromatic heterocycles. The van der Waals surface area contributed by atoms with Crippen LogP contribution in [0.2, 0.25) is 0 Å². The van der Waals surface area contributed by atoms with Crippen LogP contribution in [0.4, 0.5) is 0 Å². The predicted molar refractivity (Wildman–Crippen MR) is 48.7 cm³/mol. The Morgan fingerprint density at radius 1 is 1.67 bits per heavy atom. The number of carbonyl (C=O) groups is 1. The van der Waals surface area contributed by atoms with Crippen LogP contribution in [0.5, 0.6) is 0 Å². The molecule has 0 aromatic carbocycles. The first-order valence-electron chi connectivity index (χ1n) is 4.11. The predicted octanol–water partition coefficient (Wildman–Crippen LogP) is 1.23. The first-order chi connectivity index (χ1) is 5.54. The van der Waals surface area contributed by atoms with Gasteiger partial charge in [-0.2, -0.15) is 0 Å². The smallest absolute Gasteiger partial charge is 0.243 e. The zero-order valence-corrected chi connectivity index (χ0v) is 7.80. The van der Waals surface area contributed by atoms with Gasteiger partial charge in [-0.15, -0.1) is 0 Å². The van der Waals surface area contributed by atoms with E-state index in [1.54, 1.807) is 6.92 Å². The maximum Gasteiger partial charge on any atom is 0.243 e. The Kier molecular flexibility index (Phi) is 5.37. The van der Waals surface area contributed by atoms with Crippen molar-refractivity contribution in [1.29, 1.82) is 0 Å². The first kappa shape index (κ1) is 11.2. The van der Waals surface area contributed by atoms with Crippen LogP contribution in [0.15, 0.2) is 12.2 Å². The Balaban J connectivity index is 0.000000202. The third kappa shape index (κ3) is 5.92. The average molecular weight is 171 g/mol. The minimum atomic E-state index is -0.435. The van der Waals surface area contributed by atoms with Gasteiger partial charge in [0, 0.05) is 12.2 Å². The molecule has 3 nitrogen and oxygen atoms in total. The number of rotatable bonds is 1. The van der Waals surface area contributed by atoms with Crippen molar-refractivity contribution >= 4 is 5.91 Å². The summed E-state index contributed by atoms with van der Waals surface area (Å²) in [7, 11) is 0. The lowest BCUT2D eigenvalue weighted by Gasteiger charge is -1.94. The van der Waals surface area contributed by atoms with Gasteiger partial charge in [0.15, 0.2) is 0 Å². The molecule has 1 unspecified atom stereocenters. The Labute approximate surface area is 73.6 Å². The molecule has 0 aliphatic carbocycles. The molecule has 1 heterocycles. The fraction of sp³-hybridized carbons (Fsp3) is 0.667. The van der Waals surface area contributed by atoms with Gasteiger partial charge in [0.1, 0.15) is 0 Å². The van der Waals surface area contributed by atoms with Gasteiger partial charge in [0.25, 0.3) is 0 Å². The summed E-state index contributed by atoms with van der Waals surface area (Å²) >= 11 is 0. The van der Waals surface area contributed by atoms with E-state index in [2.05, 4.69) is 13.5 Å². The van der Waals surface area contributed by atoms with Gasteiger partial charge in [-0.05, 0) is 26.7 Å². The normalized spacial score (nSPS) is 21.0. The Morgan fingerprint density at radius 3 is 2.25 bits per heavy atom. The molecule has 1 rings (SSSR count). The number of amides is 1. The van der Waals surface area contributed by atoms with Crippen molar-refractivity contribution < 1.29 is 9.53 Å². The number of ether oxygens (including phenoxy) is 1. The van der Waals surface area contributed by atoms with E-state index in [-0.39, 0.29) is 0 Å². The highest BCUT2D eigenvalue weighted by Crippen LogP contribution is 2.09. The number of hydrogen-bond acceptors (Lipinski definition) is 2. The molecule has 0 radical (unpaired) electrons. The summed E-state index contributed by atoms with van der Waals surface area (Å²) in [6.45, 7) is 7.96. The van der Waals surface area contributed by atoms with E-state index in [0.29, 0.717) is 11.7 Å². The molecule has 12 heavy (non-hydrogen) atoms. The standard InChI is InChI=1S/C5H10O.C4H7NO/c1-5-3-2-4-6-5;1-3(2)4(5)6/h5H,2-4H2,1H3;1H2,2H3,(H2,5,6). The van der Waals surface area contributed by atoms with Crippen LogP contribution in [0.1, 0.15) is 26.7 Å². The van der Waals surface area contributed by atoms with Gasteiger partial charge in [0.05, 0.1) is 6.10 Å². The lowest BCUT2D eigenvalue weighted by molar-refractivity contribution is -0.114. The second-order valence-corrected chi connectivity index (χ2v) is 2.97. The van der Waals surface area contributed by atoms with E-state index in [0.717, 1.165) is 6.61 Å². The molecule has 2 N–H and O–H groups in total. The highest BCUT2D eigenvalue weighted by atomic mass is 16.5. The van der Waals surface area contributed by atoms with Crippen molar-refractivity contribution in [2.75, 3.05) is 6.61 Å². The van der Waals surface area contributed by atoms with Gasteiger partial charge in [-0.1, -0.05) is 6.58 Å². The second kappa shape index (κ2) is 5.77. The van der Waals surface area contributed by atoms with E-state index >= 15 is 0 Å². The second-order valence-electron chi connectivity index (χ2n) is 2.97. The number of hydrogen-bond donors (Lipinski definition) is 1. The van der Waals surface area contributed by atoms with E-state index in [1.807, 2.05) is 0 Å². The fourth-order valence-corrected chi connectivity index (χ4v) is 0.739. The Hall–Kier alpha value is -0.830. The van der Waals surface area contributed by atoms with Crippen molar-refractivity contribution in [3.63, 3.8) is 0 Å². The van der Waals surface area contributed by atoms with Gasteiger partial charge >= 0.3 is 0 Å². The zero-order chi connectivity index (χ0) is 9.56.